The molecule has 0 aliphatic heterocycles. The molecule has 0 bridgehead atoms. The monoisotopic (exact) mass is 526 g/mol. The van der Waals surface area contributed by atoms with Gasteiger partial charge in [0.2, 0.25) is 11.9 Å². The number of carbonyl (C=O) groups is 2. The average Bonchev–Trinajstić information content (AvgIpc) is 2.79. The fourth-order valence-corrected chi connectivity index (χ4v) is 5.98. The van der Waals surface area contributed by atoms with Crippen molar-refractivity contribution in [3.05, 3.63) is 0 Å². The van der Waals surface area contributed by atoms with Crippen molar-refractivity contribution in [2.24, 2.45) is 0 Å². The Hall–Kier alpha value is -1.24. The van der Waals surface area contributed by atoms with Crippen LogP contribution in [0.25, 0.3) is 0 Å². The van der Waals surface area contributed by atoms with Crippen LogP contribution in [-0.2, 0) is 47.7 Å². The first-order valence-corrected chi connectivity index (χ1v) is 15.4. The number of esters is 2. The first kappa shape index (κ1) is 29.0. The lowest BCUT2D eigenvalue weighted by molar-refractivity contribution is -0.143. The zero-order valence-electron chi connectivity index (χ0n) is 19.8. The quantitative estimate of drug-likeness (QED) is 0.176. The third-order valence-electron chi connectivity index (χ3n) is 5.91. The normalized spacial score (nSPS) is 18.5. The molecule has 2 rings (SSSR count). The molecule has 0 aromatic heterocycles. The van der Waals surface area contributed by atoms with Crippen molar-refractivity contribution in [2.75, 3.05) is 11.9 Å². The van der Waals surface area contributed by atoms with Gasteiger partial charge in [0, 0.05) is 12.8 Å². The molecule has 198 valence electrons. The highest BCUT2D eigenvalue weighted by Gasteiger charge is 2.24. The summed E-state index contributed by atoms with van der Waals surface area (Å²) in [6.07, 6.45) is 10.4. The lowest BCUT2D eigenvalue weighted by Gasteiger charge is -2.21. The molecule has 0 saturated heterocycles. The Bertz CT molecular complexity index is 756. The number of hydrogen-bond donors (Lipinski definition) is 0. The first-order chi connectivity index (χ1) is 16.2. The molecule has 2 aliphatic rings. The number of ether oxygens (including phenoxy) is 2. The van der Waals surface area contributed by atoms with E-state index in [0.717, 1.165) is 38.5 Å². The Labute approximate surface area is 203 Å². The van der Waals surface area contributed by atoms with Gasteiger partial charge in [-0.25, -0.2) is 0 Å². The molecule has 2 aliphatic carbocycles. The van der Waals surface area contributed by atoms with Crippen molar-refractivity contribution in [3.8, 4) is 0 Å². The summed E-state index contributed by atoms with van der Waals surface area (Å²) in [5.74, 6) is -2.78. The second kappa shape index (κ2) is 15.0. The van der Waals surface area contributed by atoms with Crippen molar-refractivity contribution in [2.45, 2.75) is 115 Å². The van der Waals surface area contributed by atoms with E-state index in [2.05, 4.69) is 0 Å². The summed E-state index contributed by atoms with van der Waals surface area (Å²) in [5.41, 5.74) is 0. The van der Waals surface area contributed by atoms with Crippen molar-refractivity contribution >= 4 is 32.2 Å². The van der Waals surface area contributed by atoms with Crippen LogP contribution in [0.2, 0.25) is 0 Å². The van der Waals surface area contributed by atoms with Gasteiger partial charge in [0.15, 0.2) is 0 Å². The molecule has 0 aromatic rings. The van der Waals surface area contributed by atoms with Gasteiger partial charge in [-0.2, -0.15) is 16.8 Å². The highest BCUT2D eigenvalue weighted by Crippen LogP contribution is 2.23. The van der Waals surface area contributed by atoms with E-state index < -0.39 is 44.1 Å². The van der Waals surface area contributed by atoms with Gasteiger partial charge in [-0.3, -0.25) is 18.0 Å². The highest BCUT2D eigenvalue weighted by molar-refractivity contribution is 7.86. The first-order valence-electron chi connectivity index (χ1n) is 12.3. The lowest BCUT2D eigenvalue weighted by atomic mass is 9.98. The minimum atomic E-state index is -3.90. The van der Waals surface area contributed by atoms with E-state index in [9.17, 15) is 26.4 Å². The van der Waals surface area contributed by atoms with E-state index in [4.69, 9.17) is 17.8 Å². The Balaban J connectivity index is 1.47. The van der Waals surface area contributed by atoms with Gasteiger partial charge in [-0.1, -0.05) is 51.4 Å². The highest BCUT2D eigenvalue weighted by atomic mass is 32.2. The van der Waals surface area contributed by atoms with E-state index >= 15 is 0 Å². The van der Waals surface area contributed by atoms with Crippen molar-refractivity contribution in [1.82, 2.24) is 0 Å². The van der Waals surface area contributed by atoms with Crippen LogP contribution in [0.15, 0.2) is 0 Å². The summed E-state index contributed by atoms with van der Waals surface area (Å²) in [5, 5.41) is 0. The third-order valence-corrected chi connectivity index (χ3v) is 7.85. The van der Waals surface area contributed by atoms with Gasteiger partial charge in [-0.05, 0) is 38.5 Å². The van der Waals surface area contributed by atoms with Gasteiger partial charge in [0.1, 0.15) is 0 Å². The summed E-state index contributed by atoms with van der Waals surface area (Å²) in [6.45, 7) is 0. The molecular formula is C22H38O10S2. The molecular weight excluding hydrogens is 488 g/mol. The average molecular weight is 527 g/mol. The maximum atomic E-state index is 11.9. The molecule has 0 aromatic carbocycles. The fourth-order valence-electron chi connectivity index (χ4n) is 4.11. The van der Waals surface area contributed by atoms with Gasteiger partial charge in [0.25, 0.3) is 0 Å². The number of carbonyl (C=O) groups excluding carboxylic acids is 2. The molecule has 0 amide bonds. The Morgan fingerprint density at radius 2 is 0.912 bits per heavy atom. The molecule has 12 heteroatoms. The minimum absolute atomic E-state index is 0.0696. The van der Waals surface area contributed by atoms with Crippen LogP contribution in [0.1, 0.15) is 103 Å². The zero-order valence-corrected chi connectivity index (χ0v) is 21.4. The minimum Gasteiger partial charge on any atom is -0.447 e. The lowest BCUT2D eigenvalue weighted by Crippen LogP contribution is -2.24. The largest absolute Gasteiger partial charge is 0.447 e. The number of rotatable bonds is 15. The zero-order chi connectivity index (χ0) is 24.9. The van der Waals surface area contributed by atoms with E-state index in [1.165, 1.54) is 0 Å². The van der Waals surface area contributed by atoms with Gasteiger partial charge >= 0.3 is 32.2 Å². The van der Waals surface area contributed by atoms with Gasteiger partial charge in [-0.15, -0.1) is 0 Å². The molecule has 0 atom stereocenters. The summed E-state index contributed by atoms with van der Waals surface area (Å²) < 4.78 is 67.5. The molecule has 34 heavy (non-hydrogen) atoms. The smallest absolute Gasteiger partial charge is 0.306 e. The van der Waals surface area contributed by atoms with Crippen LogP contribution in [0.3, 0.4) is 0 Å². The van der Waals surface area contributed by atoms with Crippen molar-refractivity contribution in [3.63, 3.8) is 0 Å². The van der Waals surface area contributed by atoms with Crippen LogP contribution in [0.5, 0.6) is 0 Å². The van der Waals surface area contributed by atoms with Crippen LogP contribution >= 0.6 is 0 Å². The van der Waals surface area contributed by atoms with E-state index in [1.807, 2.05) is 0 Å². The predicted octanol–water partition coefficient (Wildman–Crippen LogP) is 3.69. The number of hydrogen-bond acceptors (Lipinski definition) is 10. The van der Waals surface area contributed by atoms with Crippen molar-refractivity contribution in [1.29, 1.82) is 0 Å². The van der Waals surface area contributed by atoms with Gasteiger partial charge < -0.3 is 9.47 Å². The maximum absolute atomic E-state index is 11.9. The molecule has 0 heterocycles. The Morgan fingerprint density at radius 3 is 1.26 bits per heavy atom. The van der Waals surface area contributed by atoms with Crippen LogP contribution < -0.4 is 0 Å². The molecule has 2 fully saturated rings. The predicted molar refractivity (Wildman–Crippen MR) is 123 cm³/mol. The van der Waals surface area contributed by atoms with E-state index in [-0.39, 0.29) is 25.0 Å². The van der Waals surface area contributed by atoms with E-state index in [1.54, 1.807) is 0 Å². The van der Waals surface area contributed by atoms with Crippen LogP contribution in [-0.4, -0.2) is 52.9 Å². The Morgan fingerprint density at radius 1 is 0.559 bits per heavy atom. The van der Waals surface area contributed by atoms with Gasteiger partial charge in [0.05, 0.1) is 12.2 Å². The number of unbranched alkanes of at least 4 members (excludes halogenated alkanes) is 3. The SMILES string of the molecule is O=C(CCCCCCC(=O)OCS(=O)(=O)OC1CCCCC1)OCS(=O)(=O)OC1CCCCC1. The van der Waals surface area contributed by atoms with E-state index in [0.29, 0.717) is 51.4 Å². The molecule has 0 spiro atoms. The molecule has 2 saturated carbocycles. The summed E-state index contributed by atoms with van der Waals surface area (Å²) in [6, 6.07) is 0. The molecule has 0 radical (unpaired) electrons. The summed E-state index contributed by atoms with van der Waals surface area (Å²) in [7, 11) is -7.79. The molecule has 0 N–H and O–H groups in total. The third kappa shape index (κ3) is 13.0. The maximum Gasteiger partial charge on any atom is 0.306 e. The van der Waals surface area contributed by atoms with Crippen molar-refractivity contribution < 1.29 is 44.3 Å². The molecule has 0 unspecified atom stereocenters. The Kier molecular flexibility index (Phi) is 12.8. The topological polar surface area (TPSA) is 139 Å². The second-order valence-electron chi connectivity index (χ2n) is 9.01. The second-order valence-corrected chi connectivity index (χ2v) is 12.1. The fraction of sp³-hybridized carbons (Fsp3) is 0.909. The van der Waals surface area contributed by atoms with Crippen LogP contribution in [0, 0.1) is 0 Å². The standard InChI is InChI=1S/C22H38O10S2/c23-21(29-17-33(25,26)31-19-11-5-3-6-12-19)15-9-1-2-10-16-22(24)30-18-34(27,28)32-20-13-7-4-8-14-20/h19-20H,1-18H2. The molecule has 10 nitrogen and oxygen atoms in total. The summed E-state index contributed by atoms with van der Waals surface area (Å²) >= 11 is 0. The van der Waals surface area contributed by atoms with Crippen LogP contribution in [0.4, 0.5) is 0 Å². The summed E-state index contributed by atoms with van der Waals surface area (Å²) in [4.78, 5) is 23.5.